The molecule has 0 saturated carbocycles. The summed E-state index contributed by atoms with van der Waals surface area (Å²) >= 11 is 0. The van der Waals surface area contributed by atoms with Crippen LogP contribution in [0.5, 0.6) is 0 Å². The van der Waals surface area contributed by atoms with Crippen LogP contribution in [-0.4, -0.2) is 56.7 Å². The van der Waals surface area contributed by atoms with Crippen molar-refractivity contribution in [3.8, 4) is 0 Å². The van der Waals surface area contributed by atoms with E-state index < -0.39 is 33.6 Å². The number of halogens is 3. The molecule has 0 aliphatic carbocycles. The average molecular weight is 308 g/mol. The largest absolute Gasteiger partial charge is 0.506 e. The summed E-state index contributed by atoms with van der Waals surface area (Å²) in [7, 11) is 2.37. The smallest absolute Gasteiger partial charge is 0.377 e. The van der Waals surface area contributed by atoms with Crippen LogP contribution < -0.4 is 0 Å². The van der Waals surface area contributed by atoms with Gasteiger partial charge in [0.1, 0.15) is 0 Å². The Morgan fingerprint density at radius 3 is 1.53 bits per heavy atom. The Morgan fingerprint density at radius 2 is 1.26 bits per heavy atom. The molecule has 0 amide bonds. The highest BCUT2D eigenvalue weighted by Gasteiger charge is 2.51. The average Bonchev–Trinajstić information content (AvgIpc) is 2.40. The Labute approximate surface area is 111 Å². The molecule has 0 fully saturated rings. The second-order valence-electron chi connectivity index (χ2n) is 3.42. The van der Waals surface area contributed by atoms with Gasteiger partial charge in [-0.15, -0.1) is 0 Å². The Hall–Kier alpha value is -0.233. The van der Waals surface area contributed by atoms with E-state index >= 15 is 0 Å². The highest BCUT2D eigenvalue weighted by atomic mass is 28.4. The second kappa shape index (κ2) is 7.52. The van der Waals surface area contributed by atoms with Crippen LogP contribution in [0.15, 0.2) is 0 Å². The number of alkyl halides is 3. The molecule has 116 valence electrons. The fourth-order valence-corrected chi connectivity index (χ4v) is 3.35. The summed E-state index contributed by atoms with van der Waals surface area (Å²) in [4.78, 5) is 0. The number of methoxy groups -OCH3 is 3. The molecule has 0 aromatic heterocycles. The molecule has 0 aromatic carbocycles. The second-order valence-corrected chi connectivity index (χ2v) is 6.31. The van der Waals surface area contributed by atoms with E-state index in [1.54, 1.807) is 0 Å². The quantitative estimate of drug-likeness (QED) is 0.478. The van der Waals surface area contributed by atoms with Crippen molar-refractivity contribution >= 4 is 8.80 Å². The van der Waals surface area contributed by atoms with Crippen molar-refractivity contribution < 1.29 is 40.7 Å². The molecule has 0 bridgehead atoms. The molecule has 6 nitrogen and oxygen atoms in total. The fourth-order valence-electron chi connectivity index (χ4n) is 1.28. The van der Waals surface area contributed by atoms with Gasteiger partial charge in [-0.1, -0.05) is 0 Å². The van der Waals surface area contributed by atoms with Gasteiger partial charge >= 0.3 is 21.1 Å². The van der Waals surface area contributed by atoms with E-state index in [4.69, 9.17) is 27.5 Å². The van der Waals surface area contributed by atoms with Gasteiger partial charge in [-0.2, -0.15) is 13.2 Å². The van der Waals surface area contributed by atoms with Gasteiger partial charge in [0.25, 0.3) is 0 Å². The van der Waals surface area contributed by atoms with Gasteiger partial charge < -0.3 is 23.1 Å². The number of hydrogen-bond donors (Lipinski definition) is 0. The molecule has 0 unspecified atom stereocenters. The SMILES string of the molecule is COC(OC)(OC)O[Si](CCC(F)(F)F)(OC)OC. The van der Waals surface area contributed by atoms with Crippen molar-refractivity contribution in [2.45, 2.75) is 24.8 Å². The Balaban J connectivity index is 4.97. The van der Waals surface area contributed by atoms with Crippen molar-refractivity contribution in [2.24, 2.45) is 0 Å². The van der Waals surface area contributed by atoms with Crippen LogP contribution >= 0.6 is 0 Å². The monoisotopic (exact) mass is 308 g/mol. The van der Waals surface area contributed by atoms with Crippen molar-refractivity contribution in [3.63, 3.8) is 0 Å². The van der Waals surface area contributed by atoms with Crippen LogP contribution in [0.1, 0.15) is 6.42 Å². The molecule has 0 aromatic rings. The first-order chi connectivity index (χ1) is 8.72. The molecule has 0 heterocycles. The zero-order valence-electron chi connectivity index (χ0n) is 11.5. The maximum absolute atomic E-state index is 12.3. The van der Waals surface area contributed by atoms with Gasteiger partial charge in [0, 0.05) is 48.0 Å². The molecule has 19 heavy (non-hydrogen) atoms. The number of hydrogen-bond acceptors (Lipinski definition) is 6. The van der Waals surface area contributed by atoms with Crippen LogP contribution in [0, 0.1) is 0 Å². The van der Waals surface area contributed by atoms with E-state index in [-0.39, 0.29) is 0 Å². The normalized spacial score (nSPS) is 13.9. The van der Waals surface area contributed by atoms with Crippen molar-refractivity contribution in [1.29, 1.82) is 0 Å². The molecule has 0 radical (unpaired) electrons. The van der Waals surface area contributed by atoms with E-state index in [1.165, 1.54) is 35.5 Å². The van der Waals surface area contributed by atoms with E-state index in [2.05, 4.69) is 0 Å². The van der Waals surface area contributed by atoms with Crippen LogP contribution in [0.3, 0.4) is 0 Å². The first-order valence-electron chi connectivity index (χ1n) is 5.24. The van der Waals surface area contributed by atoms with Gasteiger partial charge in [-0.25, -0.2) is 0 Å². The van der Waals surface area contributed by atoms with E-state index in [0.717, 1.165) is 0 Å². The van der Waals surface area contributed by atoms with Crippen molar-refractivity contribution in [3.05, 3.63) is 0 Å². The molecule has 0 rings (SSSR count). The molecule has 0 spiro atoms. The van der Waals surface area contributed by atoms with E-state index in [9.17, 15) is 13.2 Å². The molecule has 0 saturated heterocycles. The first-order valence-corrected chi connectivity index (χ1v) is 7.18. The zero-order chi connectivity index (χ0) is 15.2. The number of rotatable bonds is 9. The zero-order valence-corrected chi connectivity index (χ0v) is 12.5. The van der Waals surface area contributed by atoms with Crippen molar-refractivity contribution in [2.75, 3.05) is 35.5 Å². The third-order valence-corrected chi connectivity index (χ3v) is 5.03. The van der Waals surface area contributed by atoms with Gasteiger partial charge in [-0.05, 0) is 0 Å². The summed E-state index contributed by atoms with van der Waals surface area (Å²) < 4.78 is 66.8. The third kappa shape index (κ3) is 5.73. The lowest BCUT2D eigenvalue weighted by molar-refractivity contribution is -0.460. The Kier molecular flexibility index (Phi) is 7.43. The molecule has 0 aliphatic heterocycles. The molecule has 0 N–H and O–H groups in total. The van der Waals surface area contributed by atoms with Crippen LogP contribution in [0.4, 0.5) is 13.2 Å². The van der Waals surface area contributed by atoms with Gasteiger partial charge in [0.05, 0.1) is 0 Å². The van der Waals surface area contributed by atoms with Crippen LogP contribution in [0.25, 0.3) is 0 Å². The predicted molar refractivity (Wildman–Crippen MR) is 60.1 cm³/mol. The lowest BCUT2D eigenvalue weighted by Crippen LogP contribution is -2.55. The Morgan fingerprint density at radius 1 is 0.842 bits per heavy atom. The molecule has 10 heteroatoms. The fraction of sp³-hybridized carbons (Fsp3) is 1.00. The molecular formula is C9H19F3O6Si. The van der Waals surface area contributed by atoms with Gasteiger partial charge in [0.15, 0.2) is 0 Å². The number of ether oxygens (including phenoxy) is 3. The minimum Gasteiger partial charge on any atom is -0.377 e. The minimum absolute atomic E-state index is 0.485. The summed E-state index contributed by atoms with van der Waals surface area (Å²) in [6.45, 7) is 0. The summed E-state index contributed by atoms with van der Waals surface area (Å²) in [6, 6.07) is -0.485. The van der Waals surface area contributed by atoms with E-state index in [1.807, 2.05) is 0 Å². The highest BCUT2D eigenvalue weighted by Crippen LogP contribution is 2.30. The maximum Gasteiger partial charge on any atom is 0.506 e. The van der Waals surface area contributed by atoms with E-state index in [0.29, 0.717) is 0 Å². The first kappa shape index (κ1) is 18.8. The predicted octanol–water partition coefficient (Wildman–Crippen LogP) is 1.74. The minimum atomic E-state index is -4.35. The lowest BCUT2D eigenvalue weighted by atomic mass is 10.5. The standard InChI is InChI=1S/C9H19F3O6Si/c1-13-9(14-2,15-3)18-19(16-4,17-5)7-6-8(10,11)12/h6-7H2,1-5H3. The third-order valence-electron chi connectivity index (χ3n) is 2.37. The summed E-state index contributed by atoms with van der Waals surface area (Å²) in [5.74, 6) is 0. The molecule has 0 aliphatic rings. The maximum atomic E-state index is 12.3. The van der Waals surface area contributed by atoms with Gasteiger partial charge in [0.2, 0.25) is 0 Å². The topological polar surface area (TPSA) is 55.4 Å². The van der Waals surface area contributed by atoms with Gasteiger partial charge in [-0.3, -0.25) is 4.43 Å². The lowest BCUT2D eigenvalue weighted by Gasteiger charge is -2.36. The highest BCUT2D eigenvalue weighted by molar-refractivity contribution is 6.60. The molecule has 0 atom stereocenters. The summed E-state index contributed by atoms with van der Waals surface area (Å²) in [6.07, 6.45) is -7.44. The molecular weight excluding hydrogens is 289 g/mol. The van der Waals surface area contributed by atoms with Crippen molar-refractivity contribution in [1.82, 2.24) is 0 Å². The summed E-state index contributed by atoms with van der Waals surface area (Å²) in [5.41, 5.74) is 0. The Bertz CT molecular complexity index is 247. The van der Waals surface area contributed by atoms with Crippen LogP contribution in [0.2, 0.25) is 6.04 Å². The summed E-state index contributed by atoms with van der Waals surface area (Å²) in [5, 5.41) is 0. The van der Waals surface area contributed by atoms with Crippen LogP contribution in [-0.2, 0) is 27.5 Å².